The van der Waals surface area contributed by atoms with Crippen LogP contribution < -0.4 is 20.1 Å². The van der Waals surface area contributed by atoms with Gasteiger partial charge in [0.1, 0.15) is 5.70 Å². The monoisotopic (exact) mass is 418 g/mol. The van der Waals surface area contributed by atoms with Gasteiger partial charge in [0.05, 0.1) is 14.2 Å². The number of hydrogen-bond donors (Lipinski definition) is 2. The van der Waals surface area contributed by atoms with Crippen LogP contribution in [0.4, 0.5) is 5.69 Å². The molecular formula is C19H19BrN2O4. The standard InChI is InChI=1S/C19H19BrN2O4/c1-12(23)21-16(19(24)22-15-7-5-14(20)6-8-15)10-13-4-9-17(25-2)18(11-13)26-3/h4-11H,1-3H3,(H,21,23)(H,22,24)/b16-10-. The maximum Gasteiger partial charge on any atom is 0.272 e. The molecule has 0 fully saturated rings. The Labute approximate surface area is 160 Å². The molecule has 2 N–H and O–H groups in total. The summed E-state index contributed by atoms with van der Waals surface area (Å²) in [5, 5.41) is 5.30. The van der Waals surface area contributed by atoms with E-state index in [-0.39, 0.29) is 11.6 Å². The number of carbonyl (C=O) groups is 2. The molecule has 2 rings (SSSR count). The molecule has 136 valence electrons. The highest BCUT2D eigenvalue weighted by molar-refractivity contribution is 9.10. The number of carbonyl (C=O) groups excluding carboxylic acids is 2. The van der Waals surface area contributed by atoms with Crippen molar-refractivity contribution < 1.29 is 19.1 Å². The third kappa shape index (κ3) is 5.35. The second-order valence-electron chi connectivity index (χ2n) is 5.31. The first-order chi connectivity index (χ1) is 12.4. The fraction of sp³-hybridized carbons (Fsp3) is 0.158. The van der Waals surface area contributed by atoms with Crippen LogP contribution in [0.25, 0.3) is 6.08 Å². The lowest BCUT2D eigenvalue weighted by atomic mass is 10.1. The van der Waals surface area contributed by atoms with Crippen LogP contribution in [0, 0.1) is 0 Å². The van der Waals surface area contributed by atoms with Crippen LogP contribution in [0.1, 0.15) is 12.5 Å². The first-order valence-electron chi connectivity index (χ1n) is 7.71. The van der Waals surface area contributed by atoms with Crippen LogP contribution >= 0.6 is 15.9 Å². The molecule has 0 heterocycles. The highest BCUT2D eigenvalue weighted by Gasteiger charge is 2.13. The number of anilines is 1. The highest BCUT2D eigenvalue weighted by Crippen LogP contribution is 2.28. The summed E-state index contributed by atoms with van der Waals surface area (Å²) >= 11 is 3.34. The number of rotatable bonds is 6. The minimum absolute atomic E-state index is 0.118. The normalized spacial score (nSPS) is 10.8. The smallest absolute Gasteiger partial charge is 0.272 e. The van der Waals surface area contributed by atoms with Crippen molar-refractivity contribution in [1.29, 1.82) is 0 Å². The molecule has 0 atom stereocenters. The van der Waals surface area contributed by atoms with E-state index in [1.54, 1.807) is 43.5 Å². The molecule has 2 amide bonds. The Morgan fingerprint density at radius 2 is 1.65 bits per heavy atom. The van der Waals surface area contributed by atoms with Gasteiger partial charge in [-0.2, -0.15) is 0 Å². The number of ether oxygens (including phenoxy) is 2. The van der Waals surface area contributed by atoms with Gasteiger partial charge < -0.3 is 20.1 Å². The molecule has 0 aliphatic heterocycles. The number of nitrogens with one attached hydrogen (secondary N) is 2. The zero-order chi connectivity index (χ0) is 19.1. The molecule has 7 heteroatoms. The van der Waals surface area contributed by atoms with Crippen LogP contribution in [-0.4, -0.2) is 26.0 Å². The predicted octanol–water partition coefficient (Wildman–Crippen LogP) is 3.58. The molecule has 0 bridgehead atoms. The van der Waals surface area contributed by atoms with Crippen LogP contribution in [0.5, 0.6) is 11.5 Å². The number of benzene rings is 2. The van der Waals surface area contributed by atoms with E-state index in [2.05, 4.69) is 26.6 Å². The van der Waals surface area contributed by atoms with E-state index < -0.39 is 5.91 Å². The summed E-state index contributed by atoms with van der Waals surface area (Å²) in [6.45, 7) is 1.34. The van der Waals surface area contributed by atoms with Gasteiger partial charge in [0, 0.05) is 17.1 Å². The average Bonchev–Trinajstić information content (AvgIpc) is 2.62. The van der Waals surface area contributed by atoms with E-state index in [1.807, 2.05) is 12.1 Å². The lowest BCUT2D eigenvalue weighted by Gasteiger charge is -2.11. The molecule has 0 radical (unpaired) electrons. The maximum absolute atomic E-state index is 12.6. The van der Waals surface area contributed by atoms with Crippen LogP contribution in [-0.2, 0) is 9.59 Å². The van der Waals surface area contributed by atoms with E-state index >= 15 is 0 Å². The average molecular weight is 419 g/mol. The van der Waals surface area contributed by atoms with Gasteiger partial charge in [-0.15, -0.1) is 0 Å². The van der Waals surface area contributed by atoms with E-state index in [1.165, 1.54) is 14.0 Å². The number of amides is 2. The minimum atomic E-state index is -0.433. The molecule has 0 unspecified atom stereocenters. The summed E-state index contributed by atoms with van der Waals surface area (Å²) in [6.07, 6.45) is 1.57. The highest BCUT2D eigenvalue weighted by atomic mass is 79.9. The second kappa shape index (κ2) is 9.05. The van der Waals surface area contributed by atoms with Gasteiger partial charge in [-0.25, -0.2) is 0 Å². The van der Waals surface area contributed by atoms with E-state index in [0.717, 1.165) is 4.47 Å². The molecule has 0 saturated carbocycles. The van der Waals surface area contributed by atoms with Gasteiger partial charge in [-0.05, 0) is 48.0 Å². The van der Waals surface area contributed by atoms with Crippen molar-refractivity contribution in [2.24, 2.45) is 0 Å². The van der Waals surface area contributed by atoms with Crippen molar-refractivity contribution in [2.75, 3.05) is 19.5 Å². The summed E-state index contributed by atoms with van der Waals surface area (Å²) in [5.74, 6) is 0.321. The zero-order valence-electron chi connectivity index (χ0n) is 14.6. The molecule has 2 aromatic carbocycles. The van der Waals surface area contributed by atoms with Gasteiger partial charge in [0.15, 0.2) is 11.5 Å². The molecule has 0 spiro atoms. The van der Waals surface area contributed by atoms with E-state index in [9.17, 15) is 9.59 Å². The molecule has 26 heavy (non-hydrogen) atoms. The second-order valence-corrected chi connectivity index (χ2v) is 6.23. The van der Waals surface area contributed by atoms with Gasteiger partial charge >= 0.3 is 0 Å². The maximum atomic E-state index is 12.6. The Morgan fingerprint density at radius 3 is 2.23 bits per heavy atom. The van der Waals surface area contributed by atoms with Crippen LogP contribution in [0.2, 0.25) is 0 Å². The van der Waals surface area contributed by atoms with E-state index in [4.69, 9.17) is 9.47 Å². The van der Waals surface area contributed by atoms with Gasteiger partial charge in [0.2, 0.25) is 5.91 Å². The summed E-state index contributed by atoms with van der Waals surface area (Å²) < 4.78 is 11.4. The SMILES string of the molecule is COc1ccc(/C=C(\NC(C)=O)C(=O)Nc2ccc(Br)cc2)cc1OC. The molecule has 0 aromatic heterocycles. The van der Waals surface area contributed by atoms with Gasteiger partial charge in [0.25, 0.3) is 5.91 Å². The third-order valence-electron chi connectivity index (χ3n) is 3.38. The Balaban J connectivity index is 2.30. The van der Waals surface area contributed by atoms with Crippen LogP contribution in [0.15, 0.2) is 52.6 Å². The van der Waals surface area contributed by atoms with Crippen molar-refractivity contribution >= 4 is 39.5 Å². The van der Waals surface area contributed by atoms with Crippen molar-refractivity contribution in [2.45, 2.75) is 6.92 Å². The Kier molecular flexibility index (Phi) is 6.80. The Morgan fingerprint density at radius 1 is 1.00 bits per heavy atom. The fourth-order valence-corrected chi connectivity index (χ4v) is 2.45. The van der Waals surface area contributed by atoms with Gasteiger partial charge in [-0.1, -0.05) is 22.0 Å². The summed E-state index contributed by atoms with van der Waals surface area (Å²) in [5.41, 5.74) is 1.41. The summed E-state index contributed by atoms with van der Waals surface area (Å²) in [4.78, 5) is 24.0. The van der Waals surface area contributed by atoms with Crippen molar-refractivity contribution in [3.05, 3.63) is 58.2 Å². The quantitative estimate of drug-likeness (QED) is 0.702. The molecular weight excluding hydrogens is 400 g/mol. The topological polar surface area (TPSA) is 76.7 Å². The Bertz CT molecular complexity index is 832. The first kappa shape index (κ1) is 19.5. The lowest BCUT2D eigenvalue weighted by molar-refractivity contribution is -0.120. The van der Waals surface area contributed by atoms with Gasteiger partial charge in [-0.3, -0.25) is 9.59 Å². The predicted molar refractivity (Wildman–Crippen MR) is 104 cm³/mol. The third-order valence-corrected chi connectivity index (χ3v) is 3.90. The Hall–Kier alpha value is -2.80. The number of hydrogen-bond acceptors (Lipinski definition) is 4. The van der Waals surface area contributed by atoms with Crippen molar-refractivity contribution in [3.63, 3.8) is 0 Å². The van der Waals surface area contributed by atoms with Crippen LogP contribution in [0.3, 0.4) is 0 Å². The number of halogens is 1. The molecule has 0 aliphatic carbocycles. The van der Waals surface area contributed by atoms with Crippen molar-refractivity contribution in [3.8, 4) is 11.5 Å². The summed E-state index contributed by atoms with van der Waals surface area (Å²) in [6, 6.07) is 12.3. The largest absolute Gasteiger partial charge is 0.493 e. The first-order valence-corrected chi connectivity index (χ1v) is 8.50. The fourth-order valence-electron chi connectivity index (χ4n) is 2.19. The van der Waals surface area contributed by atoms with E-state index in [0.29, 0.717) is 22.7 Å². The molecule has 2 aromatic rings. The van der Waals surface area contributed by atoms with Crippen molar-refractivity contribution in [1.82, 2.24) is 5.32 Å². The zero-order valence-corrected chi connectivity index (χ0v) is 16.2. The lowest BCUT2D eigenvalue weighted by Crippen LogP contribution is -2.28. The molecule has 6 nitrogen and oxygen atoms in total. The number of methoxy groups -OCH3 is 2. The summed E-state index contributed by atoms with van der Waals surface area (Å²) in [7, 11) is 3.07. The minimum Gasteiger partial charge on any atom is -0.493 e. The molecule has 0 aliphatic rings. The molecule has 0 saturated heterocycles.